The van der Waals surface area contributed by atoms with E-state index in [-0.39, 0.29) is 5.78 Å². The molecule has 0 fully saturated rings. The highest BCUT2D eigenvalue weighted by molar-refractivity contribution is 5.92. The third-order valence-electron chi connectivity index (χ3n) is 2.66. The molecule has 0 aromatic carbocycles. The minimum atomic E-state index is -0.466. The normalized spacial score (nSPS) is 21.2. The van der Waals surface area contributed by atoms with E-state index < -0.39 is 11.1 Å². The van der Waals surface area contributed by atoms with E-state index in [1.165, 1.54) is 0 Å². The molecule has 3 heteroatoms. The number of rotatable bonds is 4. The van der Waals surface area contributed by atoms with Crippen LogP contribution in [0.4, 0.5) is 0 Å². The lowest BCUT2D eigenvalue weighted by Gasteiger charge is -2.25. The van der Waals surface area contributed by atoms with Crippen molar-refractivity contribution >= 4 is 5.78 Å². The molecule has 0 aliphatic rings. The van der Waals surface area contributed by atoms with Crippen LogP contribution in [0.5, 0.6) is 0 Å². The van der Waals surface area contributed by atoms with E-state index in [9.17, 15) is 4.79 Å². The standard InChI is InChI=1S/C9H20N2O/c1-5-8(3,10)7(12)9(4,11)6-2/h5-6,10-11H2,1-4H3/p+2/t8-,9-/m0/s1. The molecule has 0 aromatic heterocycles. The van der Waals surface area contributed by atoms with E-state index in [4.69, 9.17) is 0 Å². The summed E-state index contributed by atoms with van der Waals surface area (Å²) in [6, 6.07) is 0. The number of quaternary nitrogens is 2. The van der Waals surface area contributed by atoms with Gasteiger partial charge in [0.2, 0.25) is 0 Å². The van der Waals surface area contributed by atoms with Crippen LogP contribution in [0.15, 0.2) is 0 Å². The summed E-state index contributed by atoms with van der Waals surface area (Å²) in [7, 11) is 0. The predicted molar refractivity (Wildman–Crippen MR) is 48.2 cm³/mol. The second-order valence-electron chi connectivity index (χ2n) is 4.16. The Kier molecular flexibility index (Phi) is 3.42. The van der Waals surface area contributed by atoms with Gasteiger partial charge in [0, 0.05) is 12.8 Å². The van der Waals surface area contributed by atoms with E-state index in [1.54, 1.807) is 0 Å². The monoisotopic (exact) mass is 174 g/mol. The van der Waals surface area contributed by atoms with Crippen LogP contribution in [0.1, 0.15) is 40.5 Å². The van der Waals surface area contributed by atoms with Gasteiger partial charge in [-0.3, -0.25) is 4.79 Å². The van der Waals surface area contributed by atoms with Gasteiger partial charge in [0.25, 0.3) is 5.78 Å². The Labute approximate surface area is 74.5 Å². The first-order chi connectivity index (χ1) is 5.28. The van der Waals surface area contributed by atoms with E-state index in [1.807, 2.05) is 27.7 Å². The van der Waals surface area contributed by atoms with Gasteiger partial charge in [-0.25, -0.2) is 0 Å². The van der Waals surface area contributed by atoms with Gasteiger partial charge in [0.05, 0.1) is 0 Å². The molecule has 2 atom stereocenters. The van der Waals surface area contributed by atoms with Gasteiger partial charge < -0.3 is 11.5 Å². The molecule has 0 saturated heterocycles. The number of carbonyl (C=O) groups is 1. The summed E-state index contributed by atoms with van der Waals surface area (Å²) in [6.45, 7) is 7.73. The second-order valence-corrected chi connectivity index (χ2v) is 4.16. The molecule has 12 heavy (non-hydrogen) atoms. The van der Waals surface area contributed by atoms with Crippen LogP contribution in [0.25, 0.3) is 0 Å². The van der Waals surface area contributed by atoms with Gasteiger partial charge >= 0.3 is 0 Å². The molecule has 0 radical (unpaired) electrons. The zero-order valence-corrected chi connectivity index (χ0v) is 8.74. The SMILES string of the molecule is CC[C@](C)([NH3+])C(=O)[C@@](C)([NH3+])CC. The van der Waals surface area contributed by atoms with Crippen molar-refractivity contribution in [1.29, 1.82) is 0 Å². The third-order valence-corrected chi connectivity index (χ3v) is 2.66. The molecule has 6 N–H and O–H groups in total. The maximum atomic E-state index is 11.8. The highest BCUT2D eigenvalue weighted by Crippen LogP contribution is 2.14. The van der Waals surface area contributed by atoms with Gasteiger partial charge in [-0.1, -0.05) is 13.8 Å². The Morgan fingerprint density at radius 1 is 1.08 bits per heavy atom. The molecule has 0 unspecified atom stereocenters. The lowest BCUT2D eigenvalue weighted by Crippen LogP contribution is -2.85. The van der Waals surface area contributed by atoms with E-state index in [0.717, 1.165) is 12.8 Å². The van der Waals surface area contributed by atoms with Crippen LogP contribution in [-0.2, 0) is 4.79 Å². The molecule has 0 bridgehead atoms. The summed E-state index contributed by atoms with van der Waals surface area (Å²) >= 11 is 0. The van der Waals surface area contributed by atoms with E-state index in [0.29, 0.717) is 0 Å². The van der Waals surface area contributed by atoms with Gasteiger partial charge in [-0.2, -0.15) is 0 Å². The predicted octanol–water partition coefficient (Wildman–Crippen LogP) is -0.623. The van der Waals surface area contributed by atoms with Crippen molar-refractivity contribution in [1.82, 2.24) is 0 Å². The van der Waals surface area contributed by atoms with Crippen LogP contribution < -0.4 is 11.5 Å². The molecule has 0 aromatic rings. The Bertz CT molecular complexity index is 155. The van der Waals surface area contributed by atoms with Crippen molar-refractivity contribution in [2.45, 2.75) is 51.6 Å². The van der Waals surface area contributed by atoms with Gasteiger partial charge in [0.1, 0.15) is 0 Å². The van der Waals surface area contributed by atoms with E-state index in [2.05, 4.69) is 11.5 Å². The molecule has 0 spiro atoms. The minimum absolute atomic E-state index is 0.167. The molecule has 72 valence electrons. The summed E-state index contributed by atoms with van der Waals surface area (Å²) < 4.78 is 0. The molecule has 0 amide bonds. The lowest BCUT2D eigenvalue weighted by atomic mass is 9.81. The third kappa shape index (κ3) is 2.29. The van der Waals surface area contributed by atoms with Crippen molar-refractivity contribution in [3.63, 3.8) is 0 Å². The Morgan fingerprint density at radius 2 is 1.33 bits per heavy atom. The second kappa shape index (κ2) is 3.54. The van der Waals surface area contributed by atoms with Crippen LogP contribution in [0.3, 0.4) is 0 Å². The topological polar surface area (TPSA) is 72.3 Å². The molecule has 3 nitrogen and oxygen atoms in total. The van der Waals surface area contributed by atoms with Crippen molar-refractivity contribution in [3.05, 3.63) is 0 Å². The highest BCUT2D eigenvalue weighted by atomic mass is 16.1. The first-order valence-corrected chi connectivity index (χ1v) is 4.53. The summed E-state index contributed by atoms with van der Waals surface area (Å²) in [5.41, 5.74) is 6.89. The fourth-order valence-electron chi connectivity index (χ4n) is 1.05. The van der Waals surface area contributed by atoms with E-state index >= 15 is 0 Å². The first-order valence-electron chi connectivity index (χ1n) is 4.53. The largest absolute Gasteiger partial charge is 0.347 e. The highest BCUT2D eigenvalue weighted by Gasteiger charge is 2.43. The molecular weight excluding hydrogens is 152 g/mol. The number of carbonyl (C=O) groups excluding carboxylic acids is 1. The number of Topliss-reactive ketones (excluding diaryl/α,β-unsaturated/α-hetero) is 1. The van der Waals surface area contributed by atoms with Crippen LogP contribution in [0.2, 0.25) is 0 Å². The zero-order valence-electron chi connectivity index (χ0n) is 8.74. The number of hydrogen-bond acceptors (Lipinski definition) is 1. The van der Waals surface area contributed by atoms with Crippen molar-refractivity contribution in [2.24, 2.45) is 0 Å². The van der Waals surface area contributed by atoms with Crippen LogP contribution in [-0.4, -0.2) is 16.9 Å². The fourth-order valence-corrected chi connectivity index (χ4v) is 1.05. The maximum Gasteiger partial charge on any atom is 0.251 e. The molecular formula is C9H22N2O+2. The zero-order chi connectivity index (χ0) is 9.99. The summed E-state index contributed by atoms with van der Waals surface area (Å²) in [5.74, 6) is 0.167. The number of ketones is 1. The van der Waals surface area contributed by atoms with Crippen molar-refractivity contribution in [3.8, 4) is 0 Å². The van der Waals surface area contributed by atoms with Crippen molar-refractivity contribution in [2.75, 3.05) is 0 Å². The van der Waals surface area contributed by atoms with Crippen LogP contribution >= 0.6 is 0 Å². The molecule has 0 aliphatic heterocycles. The van der Waals surface area contributed by atoms with Gasteiger partial charge in [0.15, 0.2) is 11.1 Å². The van der Waals surface area contributed by atoms with Gasteiger partial charge in [-0.15, -0.1) is 0 Å². The fraction of sp³-hybridized carbons (Fsp3) is 0.889. The maximum absolute atomic E-state index is 11.8. The average molecular weight is 174 g/mol. The molecule has 0 rings (SSSR count). The smallest absolute Gasteiger partial charge is 0.251 e. The first kappa shape index (κ1) is 11.6. The number of hydrogen-bond donors (Lipinski definition) is 2. The Morgan fingerprint density at radius 3 is 1.50 bits per heavy atom. The minimum Gasteiger partial charge on any atom is -0.347 e. The Hall–Kier alpha value is -0.410. The lowest BCUT2D eigenvalue weighted by molar-refractivity contribution is -0.485. The molecule has 0 saturated carbocycles. The summed E-state index contributed by atoms with van der Waals surface area (Å²) in [5, 5.41) is 0. The van der Waals surface area contributed by atoms with Crippen molar-refractivity contribution < 1.29 is 16.3 Å². The average Bonchev–Trinajstić information content (AvgIpc) is 2.03. The van der Waals surface area contributed by atoms with Gasteiger partial charge in [-0.05, 0) is 13.8 Å². The quantitative estimate of drug-likeness (QED) is 0.585. The summed E-state index contributed by atoms with van der Waals surface area (Å²) in [4.78, 5) is 11.8. The molecule has 0 heterocycles. The molecule has 0 aliphatic carbocycles. The van der Waals surface area contributed by atoms with Crippen LogP contribution in [0, 0.1) is 0 Å². The summed E-state index contributed by atoms with van der Waals surface area (Å²) in [6.07, 6.45) is 1.55. The Balaban J connectivity index is 4.60.